The second-order valence-corrected chi connectivity index (χ2v) is 10.6. The van der Waals surface area contributed by atoms with Crippen molar-refractivity contribution in [3.05, 3.63) is 140 Å². The molecule has 7 heteroatoms. The van der Waals surface area contributed by atoms with E-state index < -0.39 is 0 Å². The van der Waals surface area contributed by atoms with Gasteiger partial charge in [-0.25, -0.2) is 15.0 Å². The molecule has 0 amide bonds. The molecule has 0 unspecified atom stereocenters. The Morgan fingerprint density at radius 1 is 0.455 bits per heavy atom. The van der Waals surface area contributed by atoms with Gasteiger partial charge in [0, 0.05) is 39.7 Å². The molecule has 0 aliphatic rings. The molecule has 0 atom stereocenters. The third-order valence-electron chi connectivity index (χ3n) is 8.08. The molecule has 9 aromatic rings. The lowest BCUT2D eigenvalue weighted by Gasteiger charge is -2.11. The molecule has 4 aromatic carbocycles. The maximum atomic E-state index is 5.12. The lowest BCUT2D eigenvalue weighted by molar-refractivity contribution is 0.955. The van der Waals surface area contributed by atoms with Crippen LogP contribution in [0.2, 0.25) is 0 Å². The van der Waals surface area contributed by atoms with Crippen LogP contribution >= 0.6 is 0 Å². The highest BCUT2D eigenvalue weighted by atomic mass is 15.2. The summed E-state index contributed by atoms with van der Waals surface area (Å²) in [6, 6.07) is 42.8. The number of fused-ring (bicyclic) bond motifs is 7. The molecule has 5 aromatic heterocycles. The molecule has 0 spiro atoms. The van der Waals surface area contributed by atoms with Gasteiger partial charge < -0.3 is 0 Å². The van der Waals surface area contributed by atoms with Gasteiger partial charge in [0.15, 0.2) is 11.6 Å². The zero-order valence-corrected chi connectivity index (χ0v) is 23.4. The van der Waals surface area contributed by atoms with E-state index in [0.29, 0.717) is 17.6 Å². The summed E-state index contributed by atoms with van der Waals surface area (Å²) in [6.07, 6.45) is 3.78. The van der Waals surface area contributed by atoms with Crippen LogP contribution in [0.25, 0.3) is 78.3 Å². The van der Waals surface area contributed by atoms with Gasteiger partial charge in [0.25, 0.3) is 0 Å². The summed E-state index contributed by atoms with van der Waals surface area (Å²) in [5.41, 5.74) is 5.69. The fourth-order valence-electron chi connectivity index (χ4n) is 6.17. The van der Waals surface area contributed by atoms with Crippen molar-refractivity contribution in [1.29, 1.82) is 0 Å². The Morgan fingerprint density at radius 3 is 1.70 bits per heavy atom. The number of benzene rings is 4. The van der Waals surface area contributed by atoms with E-state index in [1.165, 1.54) is 0 Å². The Kier molecular flexibility index (Phi) is 5.36. The molecular weight excluding hydrogens is 542 g/mol. The molecular formula is C37H23N7. The summed E-state index contributed by atoms with van der Waals surface area (Å²) in [6.45, 7) is 0. The summed E-state index contributed by atoms with van der Waals surface area (Å²) < 4.78 is 4.30. The predicted octanol–water partition coefficient (Wildman–Crippen LogP) is 8.19. The van der Waals surface area contributed by atoms with Gasteiger partial charge >= 0.3 is 0 Å². The van der Waals surface area contributed by atoms with E-state index in [1.807, 2.05) is 91.3 Å². The Bertz CT molecular complexity index is 2420. The van der Waals surface area contributed by atoms with Crippen LogP contribution in [0.5, 0.6) is 0 Å². The first-order valence-corrected chi connectivity index (χ1v) is 14.5. The highest BCUT2D eigenvalue weighted by Gasteiger charge is 2.23. The molecule has 5 heterocycles. The van der Waals surface area contributed by atoms with Crippen molar-refractivity contribution in [2.75, 3.05) is 0 Å². The summed E-state index contributed by atoms with van der Waals surface area (Å²) in [7, 11) is 0. The Hall–Kier alpha value is -6.21. The van der Waals surface area contributed by atoms with Crippen molar-refractivity contribution in [3.63, 3.8) is 0 Å². The molecule has 0 radical (unpaired) electrons. The van der Waals surface area contributed by atoms with E-state index in [-0.39, 0.29) is 0 Å². The molecule has 0 saturated carbocycles. The summed E-state index contributed by atoms with van der Waals surface area (Å²) in [5, 5.41) is 4.20. The Balaban J connectivity index is 1.46. The van der Waals surface area contributed by atoms with E-state index >= 15 is 0 Å². The van der Waals surface area contributed by atoms with Gasteiger partial charge in [-0.3, -0.25) is 9.13 Å². The first kappa shape index (κ1) is 24.4. The number of pyridine rings is 2. The third kappa shape index (κ3) is 3.66. The van der Waals surface area contributed by atoms with Gasteiger partial charge in [-0.05, 0) is 24.3 Å². The zero-order valence-electron chi connectivity index (χ0n) is 23.4. The zero-order chi connectivity index (χ0) is 29.0. The number of nitrogens with zero attached hydrogens (tertiary/aromatic N) is 7. The maximum absolute atomic E-state index is 5.12. The van der Waals surface area contributed by atoms with Crippen LogP contribution in [0.4, 0.5) is 0 Å². The van der Waals surface area contributed by atoms with E-state index in [0.717, 1.165) is 60.7 Å². The van der Waals surface area contributed by atoms with Crippen LogP contribution in [0.1, 0.15) is 0 Å². The van der Waals surface area contributed by atoms with E-state index in [9.17, 15) is 0 Å². The normalized spacial score (nSPS) is 11.6. The van der Waals surface area contributed by atoms with Crippen LogP contribution in [-0.4, -0.2) is 34.1 Å². The minimum absolute atomic E-state index is 0.547. The van der Waals surface area contributed by atoms with Crippen LogP contribution in [0.15, 0.2) is 140 Å². The number of aromatic nitrogens is 7. The number of rotatable bonds is 4. The molecule has 0 bridgehead atoms. The molecule has 206 valence electrons. The topological polar surface area (TPSA) is 74.3 Å². The third-order valence-corrected chi connectivity index (χ3v) is 8.08. The molecule has 7 nitrogen and oxygen atoms in total. The lowest BCUT2D eigenvalue weighted by atomic mass is 10.1. The van der Waals surface area contributed by atoms with Gasteiger partial charge in [-0.1, -0.05) is 103 Å². The number of hydrogen-bond acceptors (Lipinski definition) is 5. The van der Waals surface area contributed by atoms with Crippen molar-refractivity contribution in [3.8, 4) is 34.5 Å². The fourth-order valence-corrected chi connectivity index (χ4v) is 6.17. The van der Waals surface area contributed by atoms with E-state index in [4.69, 9.17) is 24.9 Å². The minimum Gasteiger partial charge on any atom is -0.278 e. The van der Waals surface area contributed by atoms with Gasteiger partial charge in [0.1, 0.15) is 11.5 Å². The molecule has 9 rings (SSSR count). The van der Waals surface area contributed by atoms with Crippen LogP contribution in [0.3, 0.4) is 0 Å². The van der Waals surface area contributed by atoms with Crippen molar-refractivity contribution >= 4 is 43.7 Å². The Labute approximate surface area is 251 Å². The quantitative estimate of drug-likeness (QED) is 0.215. The van der Waals surface area contributed by atoms with Crippen LogP contribution in [-0.2, 0) is 0 Å². The van der Waals surface area contributed by atoms with Crippen molar-refractivity contribution in [1.82, 2.24) is 34.1 Å². The SMILES string of the molecule is c1ccc(-c2nc(-c3ccccc3)nc(-n3c4ccccc4c4cnc5c(c6ccccc6n5-c5ccccn5)c43)n2)cc1. The smallest absolute Gasteiger partial charge is 0.238 e. The molecule has 0 aliphatic heterocycles. The molecule has 44 heavy (non-hydrogen) atoms. The second kappa shape index (κ2) is 9.68. The summed E-state index contributed by atoms with van der Waals surface area (Å²) in [5.74, 6) is 2.58. The molecule has 0 fully saturated rings. The molecule has 0 aliphatic carbocycles. The highest BCUT2D eigenvalue weighted by Crippen LogP contribution is 2.40. The van der Waals surface area contributed by atoms with E-state index in [1.54, 1.807) is 0 Å². The summed E-state index contributed by atoms with van der Waals surface area (Å²) in [4.78, 5) is 25.0. The molecule has 0 saturated heterocycles. The Morgan fingerprint density at radius 2 is 1.05 bits per heavy atom. The average Bonchev–Trinajstić information content (AvgIpc) is 3.62. The first-order valence-electron chi connectivity index (χ1n) is 14.5. The van der Waals surface area contributed by atoms with Crippen molar-refractivity contribution in [2.24, 2.45) is 0 Å². The van der Waals surface area contributed by atoms with Crippen molar-refractivity contribution in [2.45, 2.75) is 0 Å². The van der Waals surface area contributed by atoms with Crippen LogP contribution < -0.4 is 0 Å². The minimum atomic E-state index is 0.547. The van der Waals surface area contributed by atoms with Gasteiger partial charge in [-0.2, -0.15) is 9.97 Å². The first-order chi connectivity index (χ1) is 21.8. The number of hydrogen-bond donors (Lipinski definition) is 0. The average molecular weight is 566 g/mol. The predicted molar refractivity (Wildman–Crippen MR) is 175 cm³/mol. The monoisotopic (exact) mass is 565 g/mol. The maximum Gasteiger partial charge on any atom is 0.238 e. The largest absolute Gasteiger partial charge is 0.278 e. The van der Waals surface area contributed by atoms with Crippen LogP contribution in [0, 0.1) is 0 Å². The summed E-state index contributed by atoms with van der Waals surface area (Å²) >= 11 is 0. The molecule has 0 N–H and O–H groups in total. The number of para-hydroxylation sites is 2. The van der Waals surface area contributed by atoms with Gasteiger partial charge in [-0.15, -0.1) is 0 Å². The highest BCUT2D eigenvalue weighted by molar-refractivity contribution is 6.24. The fraction of sp³-hybridized carbons (Fsp3) is 0. The van der Waals surface area contributed by atoms with E-state index in [2.05, 4.69) is 57.7 Å². The standard InChI is InChI=1S/C37H23N7/c1-3-13-24(14-4-1)34-40-35(25-15-5-2-6-16-25)42-37(41-34)44-29-19-9-7-17-26(29)28-23-39-36-32(33(28)44)27-18-8-10-20-30(27)43(36)31-21-11-12-22-38-31/h1-23H. The van der Waals surface area contributed by atoms with Gasteiger partial charge in [0.2, 0.25) is 5.95 Å². The van der Waals surface area contributed by atoms with Crippen molar-refractivity contribution < 1.29 is 0 Å². The second-order valence-electron chi connectivity index (χ2n) is 10.6. The lowest BCUT2D eigenvalue weighted by Crippen LogP contribution is -2.06. The van der Waals surface area contributed by atoms with Gasteiger partial charge in [0.05, 0.1) is 21.9 Å².